The number of nitrogens with zero attached hydrogens (tertiary/aromatic N) is 1. The van der Waals surface area contributed by atoms with Crippen molar-refractivity contribution in [2.24, 2.45) is 0 Å². The lowest BCUT2D eigenvalue weighted by Gasteiger charge is -2.25. The first-order valence-corrected chi connectivity index (χ1v) is 6.62. The van der Waals surface area contributed by atoms with Gasteiger partial charge in [0.2, 0.25) is 0 Å². The highest BCUT2D eigenvalue weighted by molar-refractivity contribution is 6.30. The van der Waals surface area contributed by atoms with Gasteiger partial charge < -0.3 is 10.4 Å². The van der Waals surface area contributed by atoms with E-state index in [0.29, 0.717) is 11.4 Å². The van der Waals surface area contributed by atoms with Crippen molar-refractivity contribution in [3.05, 3.63) is 58.2 Å². The molecule has 0 fully saturated rings. The van der Waals surface area contributed by atoms with Gasteiger partial charge in [-0.3, -0.25) is 0 Å². The van der Waals surface area contributed by atoms with Gasteiger partial charge in [-0.05, 0) is 36.2 Å². The second kappa shape index (κ2) is 5.54. The number of rotatable bonds is 2. The van der Waals surface area contributed by atoms with Crippen molar-refractivity contribution >= 4 is 35.8 Å². The van der Waals surface area contributed by atoms with Crippen LogP contribution >= 0.6 is 24.0 Å². The van der Waals surface area contributed by atoms with Crippen molar-refractivity contribution in [1.82, 2.24) is 4.98 Å². The molecule has 2 aromatic rings. The summed E-state index contributed by atoms with van der Waals surface area (Å²) in [5, 5.41) is 13.1. The molecule has 4 nitrogen and oxygen atoms in total. The number of fused-ring (bicyclic) bond motifs is 1. The third kappa shape index (κ3) is 2.82. The number of aromatic carboxylic acids is 1. The highest BCUT2D eigenvalue weighted by atomic mass is 35.5. The summed E-state index contributed by atoms with van der Waals surface area (Å²) in [6.45, 7) is 2.06. The van der Waals surface area contributed by atoms with Crippen LogP contribution in [0.5, 0.6) is 0 Å². The molecule has 1 atom stereocenters. The Morgan fingerprint density at radius 3 is 2.86 bits per heavy atom. The van der Waals surface area contributed by atoms with Crippen molar-refractivity contribution in [2.75, 3.05) is 5.32 Å². The van der Waals surface area contributed by atoms with Gasteiger partial charge in [-0.25, -0.2) is 9.78 Å². The quantitative estimate of drug-likeness (QED) is 0.883. The molecule has 6 heteroatoms. The molecule has 0 aliphatic carbocycles. The maximum Gasteiger partial charge on any atom is 0.337 e. The number of carboxylic acids is 1. The van der Waals surface area contributed by atoms with E-state index in [0.717, 1.165) is 16.9 Å². The smallest absolute Gasteiger partial charge is 0.337 e. The van der Waals surface area contributed by atoms with Crippen molar-refractivity contribution in [2.45, 2.75) is 18.9 Å². The molecule has 1 aromatic heterocycles. The third-order valence-corrected chi connectivity index (χ3v) is 3.85. The number of pyridine rings is 1. The normalized spacial score (nSPS) is 19.3. The number of anilines is 1. The van der Waals surface area contributed by atoms with Gasteiger partial charge in [0.25, 0.3) is 0 Å². The van der Waals surface area contributed by atoms with Gasteiger partial charge in [0, 0.05) is 17.6 Å². The van der Waals surface area contributed by atoms with Gasteiger partial charge in [-0.2, -0.15) is 0 Å². The lowest BCUT2D eigenvalue weighted by atomic mass is 9.89. The van der Waals surface area contributed by atoms with Crippen LogP contribution in [0.4, 0.5) is 5.82 Å². The predicted octanol–water partition coefficient (Wildman–Crippen LogP) is 3.74. The van der Waals surface area contributed by atoms with Crippen LogP contribution in [-0.2, 0) is 12.0 Å². The van der Waals surface area contributed by atoms with Crippen molar-refractivity contribution < 1.29 is 9.90 Å². The summed E-state index contributed by atoms with van der Waals surface area (Å²) < 4.78 is 0. The molecular formula is C15H14Cl2N2O2. The molecule has 0 radical (unpaired) electrons. The molecule has 0 amide bonds. The molecule has 0 saturated heterocycles. The van der Waals surface area contributed by atoms with Gasteiger partial charge in [-0.1, -0.05) is 23.7 Å². The van der Waals surface area contributed by atoms with E-state index in [-0.39, 0.29) is 23.5 Å². The second-order valence-electron chi connectivity index (χ2n) is 5.18. The van der Waals surface area contributed by atoms with Gasteiger partial charge >= 0.3 is 5.97 Å². The minimum absolute atomic E-state index is 0. The van der Waals surface area contributed by atoms with E-state index in [2.05, 4.69) is 17.2 Å². The van der Waals surface area contributed by atoms with Gasteiger partial charge in [0.05, 0.1) is 11.1 Å². The molecule has 0 bridgehead atoms. The molecular weight excluding hydrogens is 311 g/mol. The average molecular weight is 325 g/mol. The Bertz CT molecular complexity index is 706. The summed E-state index contributed by atoms with van der Waals surface area (Å²) in [7, 11) is 0. The lowest BCUT2D eigenvalue weighted by Crippen LogP contribution is -2.29. The van der Waals surface area contributed by atoms with E-state index < -0.39 is 5.97 Å². The molecule has 1 aromatic carbocycles. The lowest BCUT2D eigenvalue weighted by molar-refractivity contribution is 0.0696. The van der Waals surface area contributed by atoms with Crippen LogP contribution in [0.2, 0.25) is 5.02 Å². The number of benzene rings is 1. The zero-order valence-corrected chi connectivity index (χ0v) is 12.8. The maximum absolute atomic E-state index is 11.0. The molecule has 2 heterocycles. The molecule has 3 rings (SSSR count). The Hall–Kier alpha value is -1.78. The van der Waals surface area contributed by atoms with Gasteiger partial charge in [0.1, 0.15) is 5.82 Å². The summed E-state index contributed by atoms with van der Waals surface area (Å²) >= 11 is 6.04. The maximum atomic E-state index is 11.0. The number of halogens is 2. The van der Waals surface area contributed by atoms with Crippen LogP contribution in [0.15, 0.2) is 36.5 Å². The fraction of sp³-hybridized carbons (Fsp3) is 0.200. The zero-order chi connectivity index (χ0) is 14.3. The van der Waals surface area contributed by atoms with Crippen LogP contribution < -0.4 is 5.32 Å². The third-order valence-electron chi connectivity index (χ3n) is 3.61. The topological polar surface area (TPSA) is 62.2 Å². The first-order chi connectivity index (χ1) is 9.48. The molecule has 1 aliphatic heterocycles. The average Bonchev–Trinajstić information content (AvgIpc) is 2.75. The Morgan fingerprint density at radius 1 is 1.43 bits per heavy atom. The minimum atomic E-state index is -0.961. The van der Waals surface area contributed by atoms with Gasteiger partial charge in [0.15, 0.2) is 0 Å². The molecule has 0 spiro atoms. The number of carboxylic acid groups (broad SMARTS) is 1. The van der Waals surface area contributed by atoms with Crippen molar-refractivity contribution in [1.29, 1.82) is 0 Å². The van der Waals surface area contributed by atoms with E-state index in [1.807, 2.05) is 24.3 Å². The van der Waals surface area contributed by atoms with E-state index in [1.54, 1.807) is 6.07 Å². The Kier molecular flexibility index (Phi) is 4.12. The van der Waals surface area contributed by atoms with Crippen LogP contribution in [0.3, 0.4) is 0 Å². The molecule has 0 unspecified atom stereocenters. The minimum Gasteiger partial charge on any atom is -0.478 e. The van der Waals surface area contributed by atoms with Crippen molar-refractivity contribution in [3.63, 3.8) is 0 Å². The van der Waals surface area contributed by atoms with Crippen LogP contribution in [0.25, 0.3) is 0 Å². The first-order valence-electron chi connectivity index (χ1n) is 6.24. The Balaban J connectivity index is 0.00000161. The standard InChI is InChI=1S/C15H13ClN2O2.ClH/c1-15(11-3-2-4-12(16)6-11)7-9-5-10(14(19)20)8-17-13(9)18-15;/h2-6,8H,7H2,1H3,(H,17,18)(H,19,20);1H/t15-;/m0./s1. The fourth-order valence-corrected chi connectivity index (χ4v) is 2.76. The van der Waals surface area contributed by atoms with Crippen LogP contribution in [-0.4, -0.2) is 16.1 Å². The molecule has 0 saturated carbocycles. The van der Waals surface area contributed by atoms with E-state index in [9.17, 15) is 4.79 Å². The molecule has 1 aliphatic rings. The van der Waals surface area contributed by atoms with Crippen LogP contribution in [0, 0.1) is 0 Å². The summed E-state index contributed by atoms with van der Waals surface area (Å²) in [4.78, 5) is 15.2. The summed E-state index contributed by atoms with van der Waals surface area (Å²) in [6, 6.07) is 9.33. The highest BCUT2D eigenvalue weighted by Crippen LogP contribution is 2.38. The second-order valence-corrected chi connectivity index (χ2v) is 5.62. The summed E-state index contributed by atoms with van der Waals surface area (Å²) in [5.41, 5.74) is 1.85. The number of carbonyl (C=O) groups is 1. The predicted molar refractivity (Wildman–Crippen MR) is 84.6 cm³/mol. The largest absolute Gasteiger partial charge is 0.478 e. The summed E-state index contributed by atoms with van der Waals surface area (Å²) in [5.74, 6) is -0.228. The number of aromatic nitrogens is 1. The number of hydrogen-bond acceptors (Lipinski definition) is 3. The number of hydrogen-bond donors (Lipinski definition) is 2. The summed E-state index contributed by atoms with van der Waals surface area (Å²) in [6.07, 6.45) is 2.05. The van der Waals surface area contributed by atoms with E-state index >= 15 is 0 Å². The highest BCUT2D eigenvalue weighted by Gasteiger charge is 2.35. The van der Waals surface area contributed by atoms with Crippen LogP contribution in [0.1, 0.15) is 28.4 Å². The Labute approximate surface area is 133 Å². The molecule has 21 heavy (non-hydrogen) atoms. The molecule has 2 N–H and O–H groups in total. The van der Waals surface area contributed by atoms with E-state index in [1.165, 1.54) is 6.20 Å². The Morgan fingerprint density at radius 2 is 2.19 bits per heavy atom. The monoisotopic (exact) mass is 324 g/mol. The fourth-order valence-electron chi connectivity index (χ4n) is 2.57. The van der Waals surface area contributed by atoms with Gasteiger partial charge in [-0.15, -0.1) is 12.4 Å². The number of nitrogens with one attached hydrogen (secondary N) is 1. The zero-order valence-electron chi connectivity index (χ0n) is 11.3. The molecule has 110 valence electrons. The van der Waals surface area contributed by atoms with E-state index in [4.69, 9.17) is 16.7 Å². The van der Waals surface area contributed by atoms with Crippen molar-refractivity contribution in [3.8, 4) is 0 Å². The first kappa shape index (κ1) is 15.6. The SMILES string of the molecule is C[C@@]1(c2cccc(Cl)c2)Cc2cc(C(=O)O)cnc2N1.Cl.